The van der Waals surface area contributed by atoms with Crippen LogP contribution in [0.3, 0.4) is 0 Å². The lowest BCUT2D eigenvalue weighted by Gasteiger charge is -2.10. The zero-order valence-corrected chi connectivity index (χ0v) is 16.8. The van der Waals surface area contributed by atoms with Crippen molar-refractivity contribution in [2.24, 2.45) is 0 Å². The number of nitrogens with one attached hydrogen (secondary N) is 2. The summed E-state index contributed by atoms with van der Waals surface area (Å²) in [4.78, 5) is 15.7. The fourth-order valence-corrected chi connectivity index (χ4v) is 2.55. The van der Waals surface area contributed by atoms with Gasteiger partial charge in [-0.1, -0.05) is 11.6 Å². The first-order valence-electron chi connectivity index (χ1n) is 8.31. The van der Waals surface area contributed by atoms with Gasteiger partial charge in [-0.05, 0) is 37.1 Å². The summed E-state index contributed by atoms with van der Waals surface area (Å²) >= 11 is 5.56. The Kier molecular flexibility index (Phi) is 6.89. The molecule has 0 spiro atoms. The second-order valence-electron chi connectivity index (χ2n) is 5.78. The third-order valence-corrected chi connectivity index (χ3v) is 4.16. The Hall–Kier alpha value is -3.20. The van der Waals surface area contributed by atoms with Crippen molar-refractivity contribution in [1.29, 1.82) is 0 Å². The Morgan fingerprint density at radius 3 is 2.00 bits per heavy atom. The molecule has 0 aliphatic heterocycles. The molecule has 3 aromatic rings. The molecule has 148 valence electrons. The van der Waals surface area contributed by atoms with Crippen LogP contribution in [-0.2, 0) is 0 Å². The molecule has 0 radical (unpaired) electrons. The number of nitrogens with two attached hydrogens (primary N) is 2. The molecular weight excluding hydrogens is 383 g/mol. The minimum Gasteiger partial charge on any atom is -0.373 e. The van der Waals surface area contributed by atoms with Gasteiger partial charge in [-0.3, -0.25) is 0 Å². The third kappa shape index (κ3) is 5.17. The van der Waals surface area contributed by atoms with Crippen LogP contribution in [0.5, 0.6) is 0 Å². The van der Waals surface area contributed by atoms with E-state index in [1.807, 2.05) is 6.92 Å². The number of halogens is 2. The summed E-state index contributed by atoms with van der Waals surface area (Å²) in [6.07, 6.45) is 0. The number of benzene rings is 1. The van der Waals surface area contributed by atoms with Crippen LogP contribution in [0.4, 0.5) is 27.9 Å². The van der Waals surface area contributed by atoms with Gasteiger partial charge < -0.3 is 22.1 Å². The fraction of sp³-hybridized carbons (Fsp3) is 0.222. The minimum atomic E-state index is -0.216. The highest BCUT2D eigenvalue weighted by atomic mass is 35.5. The summed E-state index contributed by atoms with van der Waals surface area (Å²) in [5.74, 6) is 1.42. The predicted octanol–water partition coefficient (Wildman–Crippen LogP) is 3.28. The van der Waals surface area contributed by atoms with E-state index < -0.39 is 0 Å². The largest absolute Gasteiger partial charge is 0.373 e. The van der Waals surface area contributed by atoms with Gasteiger partial charge in [0.05, 0.1) is 5.69 Å². The topological polar surface area (TPSA) is 128 Å². The van der Waals surface area contributed by atoms with E-state index in [1.54, 1.807) is 39.2 Å². The van der Waals surface area contributed by atoms with Crippen LogP contribution in [0.25, 0.3) is 11.3 Å². The van der Waals surface area contributed by atoms with Crippen molar-refractivity contribution < 1.29 is 4.39 Å². The lowest BCUT2D eigenvalue weighted by molar-refractivity contribution is 0.617. The Labute approximate surface area is 167 Å². The average Bonchev–Trinajstić information content (AvgIpc) is 2.65. The lowest BCUT2D eigenvalue weighted by Crippen LogP contribution is -2.02. The first-order valence-corrected chi connectivity index (χ1v) is 8.69. The molecule has 0 bridgehead atoms. The number of aromatic nitrogens is 4. The Morgan fingerprint density at radius 1 is 0.857 bits per heavy atom. The summed E-state index contributed by atoms with van der Waals surface area (Å²) in [5.41, 5.74) is 14.0. The molecule has 0 atom stereocenters. The molecule has 2 aromatic heterocycles. The summed E-state index contributed by atoms with van der Waals surface area (Å²) in [6.45, 7) is 3.61. The molecule has 0 aliphatic carbocycles. The molecule has 0 saturated heterocycles. The van der Waals surface area contributed by atoms with E-state index in [9.17, 15) is 4.39 Å². The van der Waals surface area contributed by atoms with E-state index in [4.69, 9.17) is 23.1 Å². The van der Waals surface area contributed by atoms with E-state index >= 15 is 0 Å². The summed E-state index contributed by atoms with van der Waals surface area (Å²) in [6, 6.07) is 6.53. The average molecular weight is 405 g/mol. The molecule has 8 nitrogen and oxygen atoms in total. The molecular formula is C18H22ClFN8. The summed E-state index contributed by atoms with van der Waals surface area (Å²) < 4.78 is 13.4. The predicted molar refractivity (Wildman–Crippen MR) is 112 cm³/mol. The molecule has 0 amide bonds. The van der Waals surface area contributed by atoms with Gasteiger partial charge in [0.1, 0.15) is 22.6 Å². The Morgan fingerprint density at radius 2 is 1.43 bits per heavy atom. The van der Waals surface area contributed by atoms with Crippen LogP contribution in [0.1, 0.15) is 11.1 Å². The second-order valence-corrected chi connectivity index (χ2v) is 6.16. The van der Waals surface area contributed by atoms with Crippen molar-refractivity contribution >= 4 is 35.1 Å². The Balaban J connectivity index is 0.000000237. The number of nitrogen functional groups attached to an aromatic ring is 2. The first kappa shape index (κ1) is 21.1. The monoisotopic (exact) mass is 404 g/mol. The molecule has 0 aliphatic rings. The van der Waals surface area contributed by atoms with Gasteiger partial charge in [-0.15, -0.1) is 0 Å². The van der Waals surface area contributed by atoms with Crippen molar-refractivity contribution in [3.8, 4) is 11.3 Å². The molecule has 0 unspecified atom stereocenters. The highest BCUT2D eigenvalue weighted by molar-refractivity contribution is 6.29. The van der Waals surface area contributed by atoms with Crippen molar-refractivity contribution in [2.75, 3.05) is 36.2 Å². The zero-order valence-electron chi connectivity index (χ0n) is 16.0. The van der Waals surface area contributed by atoms with E-state index in [2.05, 4.69) is 30.6 Å². The summed E-state index contributed by atoms with van der Waals surface area (Å²) in [5, 5.41) is 6.06. The van der Waals surface area contributed by atoms with Crippen molar-refractivity contribution in [2.45, 2.75) is 13.8 Å². The fourth-order valence-electron chi connectivity index (χ4n) is 2.36. The standard InChI is InChI=1S/C13H15FN4.C5H7ClN4/c1-7-8(2)10(14)5-4-9(7)11-6-12(16-3)18-13(15)17-11;1-8-4-2-3(6)9-5(7)10-4/h4-6H,1-3H3,(H3,15,16,17,18);2H,1H3,(H3,7,8,9,10). The van der Waals surface area contributed by atoms with E-state index in [0.29, 0.717) is 28.0 Å². The highest BCUT2D eigenvalue weighted by Gasteiger charge is 2.10. The number of hydrogen-bond acceptors (Lipinski definition) is 8. The summed E-state index contributed by atoms with van der Waals surface area (Å²) in [7, 11) is 3.49. The molecule has 3 rings (SSSR count). The maximum Gasteiger partial charge on any atom is 0.223 e. The maximum atomic E-state index is 13.4. The third-order valence-electron chi connectivity index (χ3n) is 3.96. The second kappa shape index (κ2) is 9.14. The Bertz CT molecular complexity index is 960. The molecule has 10 heteroatoms. The molecule has 6 N–H and O–H groups in total. The van der Waals surface area contributed by atoms with E-state index in [1.165, 1.54) is 6.07 Å². The van der Waals surface area contributed by atoms with Gasteiger partial charge in [0.2, 0.25) is 11.9 Å². The number of rotatable bonds is 3. The number of hydrogen-bond donors (Lipinski definition) is 4. The molecule has 0 saturated carbocycles. The lowest BCUT2D eigenvalue weighted by atomic mass is 10.0. The molecule has 2 heterocycles. The normalized spacial score (nSPS) is 10.1. The number of anilines is 4. The van der Waals surface area contributed by atoms with Crippen LogP contribution in [0.15, 0.2) is 24.3 Å². The van der Waals surface area contributed by atoms with Gasteiger partial charge >= 0.3 is 0 Å². The van der Waals surface area contributed by atoms with Gasteiger partial charge in [0.15, 0.2) is 0 Å². The van der Waals surface area contributed by atoms with Crippen molar-refractivity contribution in [3.63, 3.8) is 0 Å². The van der Waals surface area contributed by atoms with Gasteiger partial charge in [-0.2, -0.15) is 9.97 Å². The van der Waals surface area contributed by atoms with Gasteiger partial charge in [0.25, 0.3) is 0 Å². The van der Waals surface area contributed by atoms with Crippen LogP contribution >= 0.6 is 11.6 Å². The van der Waals surface area contributed by atoms with Crippen LogP contribution in [0, 0.1) is 19.7 Å². The van der Waals surface area contributed by atoms with Crippen molar-refractivity contribution in [3.05, 3.63) is 46.4 Å². The van der Waals surface area contributed by atoms with Crippen molar-refractivity contribution in [1.82, 2.24) is 19.9 Å². The molecule has 1 aromatic carbocycles. The van der Waals surface area contributed by atoms with Crippen LogP contribution in [-0.4, -0.2) is 34.0 Å². The van der Waals surface area contributed by atoms with Crippen LogP contribution in [0.2, 0.25) is 5.15 Å². The maximum absolute atomic E-state index is 13.4. The molecule has 28 heavy (non-hydrogen) atoms. The smallest absolute Gasteiger partial charge is 0.223 e. The van der Waals surface area contributed by atoms with Crippen LogP contribution < -0.4 is 22.1 Å². The first-order chi connectivity index (χ1) is 13.2. The van der Waals surface area contributed by atoms with E-state index in [0.717, 1.165) is 11.1 Å². The van der Waals surface area contributed by atoms with Gasteiger partial charge in [0, 0.05) is 31.8 Å². The number of nitrogens with zero attached hydrogens (tertiary/aromatic N) is 4. The zero-order chi connectivity index (χ0) is 20.8. The SMILES string of the molecule is CNc1cc(-c2ccc(F)c(C)c2C)nc(N)n1.CNc1cc(Cl)nc(N)n1. The molecule has 0 fully saturated rings. The van der Waals surface area contributed by atoms with E-state index in [-0.39, 0.29) is 17.7 Å². The van der Waals surface area contributed by atoms with Gasteiger partial charge in [-0.25, -0.2) is 14.4 Å². The minimum absolute atomic E-state index is 0.178. The highest BCUT2D eigenvalue weighted by Crippen LogP contribution is 2.27. The quantitative estimate of drug-likeness (QED) is 0.489.